The molecule has 0 amide bonds. The molecule has 0 aliphatic heterocycles. The lowest BCUT2D eigenvalue weighted by atomic mass is 10.0. The highest BCUT2D eigenvalue weighted by Crippen LogP contribution is 2.28. The molecule has 30 heavy (non-hydrogen) atoms. The van der Waals surface area contributed by atoms with Gasteiger partial charge in [0.15, 0.2) is 0 Å². The van der Waals surface area contributed by atoms with Crippen molar-refractivity contribution < 1.29 is 15.0 Å². The number of aliphatic carboxylic acids is 1. The Balaban J connectivity index is 1.72. The number of hydrogen-bond donors (Lipinski definition) is 2. The topological polar surface area (TPSA) is 62.5 Å². The van der Waals surface area contributed by atoms with E-state index in [-0.39, 0.29) is 13.0 Å². The van der Waals surface area contributed by atoms with Crippen molar-refractivity contribution in [3.05, 3.63) is 101 Å². The Morgan fingerprint density at radius 3 is 2.23 bits per heavy atom. The van der Waals surface area contributed by atoms with Crippen LogP contribution in [-0.2, 0) is 30.7 Å². The minimum absolute atomic E-state index is 0.0297. The van der Waals surface area contributed by atoms with Gasteiger partial charge in [-0.25, -0.2) is 0 Å². The SMILES string of the molecule is O=C(O)CCc1ccc2c(c1)c(CCc1ccccc1)cn2-c1ccc(CO)cc1. The Labute approximate surface area is 176 Å². The summed E-state index contributed by atoms with van der Waals surface area (Å²) in [5, 5.41) is 19.5. The minimum atomic E-state index is -0.777. The van der Waals surface area contributed by atoms with Crippen LogP contribution < -0.4 is 0 Å². The number of hydrogen-bond acceptors (Lipinski definition) is 2. The Hall–Kier alpha value is -3.37. The highest BCUT2D eigenvalue weighted by atomic mass is 16.4. The van der Waals surface area contributed by atoms with E-state index in [1.807, 2.05) is 36.4 Å². The van der Waals surface area contributed by atoms with E-state index in [1.165, 1.54) is 16.5 Å². The van der Waals surface area contributed by atoms with Gasteiger partial charge < -0.3 is 14.8 Å². The molecule has 0 aliphatic carbocycles. The molecule has 4 heteroatoms. The van der Waals surface area contributed by atoms with Gasteiger partial charge in [-0.1, -0.05) is 48.5 Å². The lowest BCUT2D eigenvalue weighted by molar-refractivity contribution is -0.136. The fourth-order valence-corrected chi connectivity index (χ4v) is 3.85. The van der Waals surface area contributed by atoms with Gasteiger partial charge in [-0.15, -0.1) is 0 Å². The molecule has 1 heterocycles. The molecule has 1 aromatic heterocycles. The third-order valence-corrected chi connectivity index (χ3v) is 5.50. The standard InChI is InChI=1S/C26H25NO3/c28-18-21-7-12-23(13-8-21)27-17-22(11-6-19-4-2-1-3-5-19)24-16-20(9-14-25(24)27)10-15-26(29)30/h1-5,7-9,12-14,16-17,28H,6,10-11,15,18H2,(H,29,30). The number of aryl methyl sites for hydroxylation is 3. The second-order valence-corrected chi connectivity index (χ2v) is 7.58. The van der Waals surface area contributed by atoms with Crippen LogP contribution in [0.25, 0.3) is 16.6 Å². The van der Waals surface area contributed by atoms with Gasteiger partial charge in [0.25, 0.3) is 0 Å². The van der Waals surface area contributed by atoms with Crippen LogP contribution in [-0.4, -0.2) is 20.7 Å². The van der Waals surface area contributed by atoms with E-state index < -0.39 is 5.97 Å². The summed E-state index contributed by atoms with van der Waals surface area (Å²) in [6, 6.07) is 24.6. The van der Waals surface area contributed by atoms with Crippen molar-refractivity contribution in [3.8, 4) is 5.69 Å². The third-order valence-electron chi connectivity index (χ3n) is 5.50. The van der Waals surface area contributed by atoms with Gasteiger partial charge in [-0.2, -0.15) is 0 Å². The molecule has 0 radical (unpaired) electrons. The van der Waals surface area contributed by atoms with E-state index in [9.17, 15) is 9.90 Å². The fourth-order valence-electron chi connectivity index (χ4n) is 3.85. The first-order chi connectivity index (χ1) is 14.6. The van der Waals surface area contributed by atoms with Crippen molar-refractivity contribution in [3.63, 3.8) is 0 Å². The molecule has 3 aromatic carbocycles. The molecule has 0 atom stereocenters. The van der Waals surface area contributed by atoms with Crippen LogP contribution in [0, 0.1) is 0 Å². The van der Waals surface area contributed by atoms with Crippen LogP contribution in [0.15, 0.2) is 79.0 Å². The normalized spacial score (nSPS) is 11.1. The molecule has 0 fully saturated rings. The Morgan fingerprint density at radius 2 is 1.53 bits per heavy atom. The van der Waals surface area contributed by atoms with Crippen molar-refractivity contribution in [1.29, 1.82) is 0 Å². The number of carboxylic acids is 1. The van der Waals surface area contributed by atoms with Gasteiger partial charge in [0.05, 0.1) is 12.1 Å². The van der Waals surface area contributed by atoms with Crippen LogP contribution in [0.5, 0.6) is 0 Å². The summed E-state index contributed by atoms with van der Waals surface area (Å²) >= 11 is 0. The smallest absolute Gasteiger partial charge is 0.303 e. The van der Waals surface area contributed by atoms with Crippen LogP contribution in [0.3, 0.4) is 0 Å². The average molecular weight is 399 g/mol. The minimum Gasteiger partial charge on any atom is -0.481 e. The van der Waals surface area contributed by atoms with Crippen molar-refractivity contribution in [2.24, 2.45) is 0 Å². The van der Waals surface area contributed by atoms with Crippen LogP contribution >= 0.6 is 0 Å². The summed E-state index contributed by atoms with van der Waals surface area (Å²) in [4.78, 5) is 11.0. The number of carbonyl (C=O) groups is 1. The van der Waals surface area contributed by atoms with E-state index in [2.05, 4.69) is 47.2 Å². The fraction of sp³-hybridized carbons (Fsp3) is 0.192. The maximum atomic E-state index is 11.0. The maximum Gasteiger partial charge on any atom is 0.303 e. The van der Waals surface area contributed by atoms with E-state index in [0.717, 1.165) is 35.2 Å². The molecule has 0 spiro atoms. The third kappa shape index (κ3) is 4.44. The van der Waals surface area contributed by atoms with E-state index in [0.29, 0.717) is 6.42 Å². The number of rotatable bonds is 8. The largest absolute Gasteiger partial charge is 0.481 e. The Morgan fingerprint density at radius 1 is 0.800 bits per heavy atom. The van der Waals surface area contributed by atoms with Gasteiger partial charge in [-0.3, -0.25) is 4.79 Å². The predicted octanol–water partition coefficient (Wildman–Crippen LogP) is 4.93. The summed E-state index contributed by atoms with van der Waals surface area (Å²) in [5.41, 5.74) is 6.62. The molecule has 4 nitrogen and oxygen atoms in total. The predicted molar refractivity (Wildman–Crippen MR) is 119 cm³/mol. The number of aromatic nitrogens is 1. The number of carboxylic acid groups (broad SMARTS) is 1. The Bertz CT molecular complexity index is 1140. The van der Waals surface area contributed by atoms with Crippen molar-refractivity contribution in [2.75, 3.05) is 0 Å². The molecule has 0 aliphatic rings. The molecule has 0 saturated heterocycles. The maximum absolute atomic E-state index is 11.0. The zero-order valence-corrected chi connectivity index (χ0v) is 16.8. The number of nitrogens with zero attached hydrogens (tertiary/aromatic N) is 1. The first-order valence-corrected chi connectivity index (χ1v) is 10.2. The molecule has 0 saturated carbocycles. The van der Waals surface area contributed by atoms with Gasteiger partial charge in [-0.05, 0) is 65.8 Å². The summed E-state index contributed by atoms with van der Waals surface area (Å²) in [7, 11) is 0. The van der Waals surface area contributed by atoms with Gasteiger partial charge in [0.2, 0.25) is 0 Å². The van der Waals surface area contributed by atoms with Gasteiger partial charge in [0, 0.05) is 23.7 Å². The van der Waals surface area contributed by atoms with E-state index in [4.69, 9.17) is 5.11 Å². The average Bonchev–Trinajstić information content (AvgIpc) is 3.15. The second kappa shape index (κ2) is 8.97. The van der Waals surface area contributed by atoms with Crippen molar-refractivity contribution in [2.45, 2.75) is 32.3 Å². The molecule has 152 valence electrons. The lowest BCUT2D eigenvalue weighted by Crippen LogP contribution is -1.97. The zero-order valence-electron chi connectivity index (χ0n) is 16.8. The summed E-state index contributed by atoms with van der Waals surface area (Å²) < 4.78 is 2.18. The molecular weight excluding hydrogens is 374 g/mol. The molecule has 0 bridgehead atoms. The van der Waals surface area contributed by atoms with E-state index in [1.54, 1.807) is 0 Å². The quantitative estimate of drug-likeness (QED) is 0.442. The monoisotopic (exact) mass is 399 g/mol. The van der Waals surface area contributed by atoms with Crippen LogP contribution in [0.2, 0.25) is 0 Å². The Kier molecular flexibility index (Phi) is 5.96. The molecule has 2 N–H and O–H groups in total. The lowest BCUT2D eigenvalue weighted by Gasteiger charge is -2.07. The number of aliphatic hydroxyl groups is 1. The van der Waals surface area contributed by atoms with Gasteiger partial charge >= 0.3 is 5.97 Å². The van der Waals surface area contributed by atoms with Gasteiger partial charge in [0.1, 0.15) is 0 Å². The van der Waals surface area contributed by atoms with E-state index >= 15 is 0 Å². The first kappa shape index (κ1) is 19.9. The van der Waals surface area contributed by atoms with Crippen LogP contribution in [0.4, 0.5) is 0 Å². The summed E-state index contributed by atoms with van der Waals surface area (Å²) in [6.07, 6.45) is 4.70. The molecule has 4 rings (SSSR count). The molecule has 0 unspecified atom stereocenters. The highest BCUT2D eigenvalue weighted by molar-refractivity contribution is 5.86. The van der Waals surface area contributed by atoms with Crippen molar-refractivity contribution in [1.82, 2.24) is 4.57 Å². The molecular formula is C26H25NO3. The van der Waals surface area contributed by atoms with Crippen molar-refractivity contribution >= 4 is 16.9 Å². The molecule has 4 aromatic rings. The summed E-state index contributed by atoms with van der Waals surface area (Å²) in [5.74, 6) is -0.777. The number of fused-ring (bicyclic) bond motifs is 1. The van der Waals surface area contributed by atoms with Crippen LogP contribution in [0.1, 0.15) is 28.7 Å². The first-order valence-electron chi connectivity index (χ1n) is 10.2. The highest BCUT2D eigenvalue weighted by Gasteiger charge is 2.12. The second-order valence-electron chi connectivity index (χ2n) is 7.58. The summed E-state index contributed by atoms with van der Waals surface area (Å²) in [6.45, 7) is 0.0297. The zero-order chi connectivity index (χ0) is 20.9. The number of aliphatic hydroxyl groups excluding tert-OH is 1. The number of benzene rings is 3.